The van der Waals surface area contributed by atoms with Gasteiger partial charge in [0.15, 0.2) is 0 Å². The lowest BCUT2D eigenvalue weighted by Crippen LogP contribution is -2.18. The Hall–Kier alpha value is -0.410. The van der Waals surface area contributed by atoms with Gasteiger partial charge in [0, 0.05) is 16.5 Å². The van der Waals surface area contributed by atoms with E-state index in [1.165, 1.54) is 6.92 Å². The Morgan fingerprint density at radius 2 is 2.06 bits per heavy atom. The summed E-state index contributed by atoms with van der Waals surface area (Å²) in [5.74, 6) is -0.493. The lowest BCUT2D eigenvalue weighted by molar-refractivity contribution is -0.0982. The quantitative estimate of drug-likeness (QED) is 0.601. The van der Waals surface area contributed by atoms with Crippen LogP contribution in [0.4, 0.5) is 13.2 Å². The molecule has 0 saturated heterocycles. The van der Waals surface area contributed by atoms with Crippen molar-refractivity contribution in [3.63, 3.8) is 0 Å². The number of hydrogen-bond donors (Lipinski definition) is 0. The number of hydrogen-bond acceptors (Lipinski definition) is 0. The Morgan fingerprint density at radius 3 is 2.56 bits per heavy atom. The summed E-state index contributed by atoms with van der Waals surface area (Å²) >= 11 is 11.4. The largest absolute Gasteiger partial charge is 0.413 e. The van der Waals surface area contributed by atoms with Crippen molar-refractivity contribution in [3.05, 3.63) is 34.4 Å². The molecule has 0 aliphatic heterocycles. The van der Waals surface area contributed by atoms with Gasteiger partial charge >= 0.3 is 6.18 Å². The third-order valence-electron chi connectivity index (χ3n) is 2.40. The first-order valence-corrected chi connectivity index (χ1v) is 5.67. The van der Waals surface area contributed by atoms with Crippen molar-refractivity contribution in [1.82, 2.24) is 0 Å². The van der Waals surface area contributed by atoms with E-state index in [2.05, 4.69) is 0 Å². The molecule has 0 aromatic rings. The normalized spacial score (nSPS) is 22.9. The SMILES string of the molecule is CC1CC=CC(CCl)=C(Cl)C=C1C(F)(F)F. The van der Waals surface area contributed by atoms with Gasteiger partial charge in [-0.25, -0.2) is 0 Å². The number of allylic oxidation sites excluding steroid dienone is 6. The first-order valence-electron chi connectivity index (χ1n) is 4.76. The van der Waals surface area contributed by atoms with Gasteiger partial charge in [-0.1, -0.05) is 30.7 Å². The van der Waals surface area contributed by atoms with E-state index < -0.39 is 17.7 Å². The summed E-state index contributed by atoms with van der Waals surface area (Å²) in [4.78, 5) is 0. The van der Waals surface area contributed by atoms with Gasteiger partial charge in [-0.05, 0) is 24.0 Å². The van der Waals surface area contributed by atoms with Crippen molar-refractivity contribution in [2.75, 3.05) is 5.88 Å². The standard InChI is InChI=1S/C11H11Cl2F3/c1-7-3-2-4-8(6-12)10(13)5-9(7)11(14,15)16/h2,4-5,7H,3,6H2,1H3. The van der Waals surface area contributed by atoms with Crippen LogP contribution in [0.15, 0.2) is 34.4 Å². The Kier molecular flexibility index (Phi) is 4.51. The lowest BCUT2D eigenvalue weighted by Gasteiger charge is -2.19. The molecule has 1 atom stereocenters. The van der Waals surface area contributed by atoms with Crippen LogP contribution in [0.5, 0.6) is 0 Å². The monoisotopic (exact) mass is 270 g/mol. The van der Waals surface area contributed by atoms with Crippen LogP contribution in [0.2, 0.25) is 0 Å². The van der Waals surface area contributed by atoms with Crippen molar-refractivity contribution in [2.45, 2.75) is 19.5 Å². The van der Waals surface area contributed by atoms with Crippen LogP contribution < -0.4 is 0 Å². The summed E-state index contributed by atoms with van der Waals surface area (Å²) in [7, 11) is 0. The molecule has 0 aromatic carbocycles. The average molecular weight is 271 g/mol. The first-order chi connectivity index (χ1) is 7.36. The minimum Gasteiger partial charge on any atom is -0.166 e. The van der Waals surface area contributed by atoms with E-state index in [1.54, 1.807) is 12.2 Å². The smallest absolute Gasteiger partial charge is 0.166 e. The fourth-order valence-corrected chi connectivity index (χ4v) is 2.01. The van der Waals surface area contributed by atoms with Crippen molar-refractivity contribution in [2.24, 2.45) is 5.92 Å². The van der Waals surface area contributed by atoms with Gasteiger partial charge in [0.1, 0.15) is 0 Å². The maximum absolute atomic E-state index is 12.7. The van der Waals surface area contributed by atoms with Crippen LogP contribution >= 0.6 is 23.2 Å². The topological polar surface area (TPSA) is 0 Å². The molecule has 90 valence electrons. The molecule has 0 bridgehead atoms. The summed E-state index contributed by atoms with van der Waals surface area (Å²) in [5, 5.41) is 0.0603. The molecule has 0 aromatic heterocycles. The van der Waals surface area contributed by atoms with E-state index in [9.17, 15) is 13.2 Å². The summed E-state index contributed by atoms with van der Waals surface area (Å²) in [6.45, 7) is 1.53. The fourth-order valence-electron chi connectivity index (χ4n) is 1.46. The molecule has 0 fully saturated rings. The van der Waals surface area contributed by atoms with Gasteiger partial charge in [0.05, 0.1) is 0 Å². The molecule has 0 N–H and O–H groups in total. The van der Waals surface area contributed by atoms with Crippen molar-refractivity contribution >= 4 is 23.2 Å². The average Bonchev–Trinajstić information content (AvgIpc) is 2.16. The molecule has 0 radical (unpaired) electrons. The number of halogens is 5. The van der Waals surface area contributed by atoms with Gasteiger partial charge < -0.3 is 0 Å². The van der Waals surface area contributed by atoms with Crippen molar-refractivity contribution in [1.29, 1.82) is 0 Å². The molecule has 0 amide bonds. The molecule has 1 aliphatic rings. The molecule has 16 heavy (non-hydrogen) atoms. The number of rotatable bonds is 1. The maximum Gasteiger partial charge on any atom is 0.413 e. The second kappa shape index (κ2) is 5.28. The zero-order valence-electron chi connectivity index (χ0n) is 8.61. The van der Waals surface area contributed by atoms with Gasteiger partial charge in [0.2, 0.25) is 0 Å². The summed E-state index contributed by atoms with van der Waals surface area (Å²) in [5.41, 5.74) is -0.0959. The van der Waals surface area contributed by atoms with E-state index in [0.717, 1.165) is 6.08 Å². The Bertz CT molecular complexity index is 351. The van der Waals surface area contributed by atoms with Crippen LogP contribution in [0.25, 0.3) is 0 Å². The molecule has 1 unspecified atom stereocenters. The van der Waals surface area contributed by atoms with Gasteiger partial charge in [-0.2, -0.15) is 13.2 Å². The van der Waals surface area contributed by atoms with Crippen molar-refractivity contribution in [3.8, 4) is 0 Å². The molecule has 0 spiro atoms. The molecule has 1 aliphatic carbocycles. The van der Waals surface area contributed by atoms with E-state index in [0.29, 0.717) is 12.0 Å². The van der Waals surface area contributed by atoms with Gasteiger partial charge in [0.25, 0.3) is 0 Å². The lowest BCUT2D eigenvalue weighted by atomic mass is 9.94. The van der Waals surface area contributed by atoms with Crippen LogP contribution in [0.1, 0.15) is 13.3 Å². The predicted molar refractivity (Wildman–Crippen MR) is 60.7 cm³/mol. The summed E-state index contributed by atoms with van der Waals surface area (Å²) in [6.07, 6.45) is 0.310. The Labute approximate surface area is 102 Å². The van der Waals surface area contributed by atoms with Gasteiger partial charge in [-0.3, -0.25) is 0 Å². The van der Waals surface area contributed by atoms with E-state index in [4.69, 9.17) is 23.2 Å². The molecule has 5 heteroatoms. The number of alkyl halides is 4. The molecule has 0 nitrogen and oxygen atoms in total. The zero-order chi connectivity index (χ0) is 12.3. The molecule has 0 heterocycles. The fraction of sp³-hybridized carbons (Fsp3) is 0.455. The van der Waals surface area contributed by atoms with Crippen LogP contribution in [0.3, 0.4) is 0 Å². The Morgan fingerprint density at radius 1 is 1.44 bits per heavy atom. The Balaban J connectivity index is 3.21. The van der Waals surface area contributed by atoms with Gasteiger partial charge in [-0.15, -0.1) is 11.6 Å². The van der Waals surface area contributed by atoms with Crippen molar-refractivity contribution < 1.29 is 13.2 Å². The predicted octanol–water partition coefficient (Wildman–Crippen LogP) is 4.80. The third-order valence-corrected chi connectivity index (χ3v) is 3.04. The van der Waals surface area contributed by atoms with Crippen LogP contribution in [0, 0.1) is 5.92 Å². The highest BCUT2D eigenvalue weighted by atomic mass is 35.5. The second-order valence-electron chi connectivity index (χ2n) is 3.64. The highest BCUT2D eigenvalue weighted by molar-refractivity contribution is 6.32. The van der Waals surface area contributed by atoms with Crippen LogP contribution in [-0.4, -0.2) is 12.1 Å². The summed E-state index contributed by atoms with van der Waals surface area (Å²) in [6, 6.07) is 0. The van der Waals surface area contributed by atoms with E-state index in [-0.39, 0.29) is 10.9 Å². The summed E-state index contributed by atoms with van der Waals surface area (Å²) < 4.78 is 38.1. The molecular formula is C11H11Cl2F3. The van der Waals surface area contributed by atoms with E-state index in [1.807, 2.05) is 0 Å². The van der Waals surface area contributed by atoms with E-state index >= 15 is 0 Å². The third kappa shape index (κ3) is 3.29. The first kappa shape index (κ1) is 13.7. The minimum atomic E-state index is -4.35. The molecule has 0 saturated carbocycles. The minimum absolute atomic E-state index is 0.0603. The maximum atomic E-state index is 12.7. The zero-order valence-corrected chi connectivity index (χ0v) is 10.1. The molecule has 1 rings (SSSR count). The second-order valence-corrected chi connectivity index (χ2v) is 4.32. The molecular weight excluding hydrogens is 260 g/mol. The highest BCUT2D eigenvalue weighted by Gasteiger charge is 2.36. The van der Waals surface area contributed by atoms with Crippen LogP contribution in [-0.2, 0) is 0 Å². The highest BCUT2D eigenvalue weighted by Crippen LogP contribution is 2.36.